The normalized spacial score (nSPS) is 12.7. The third kappa shape index (κ3) is 4.82. The Morgan fingerprint density at radius 3 is 2.74 bits per heavy atom. The molecule has 0 heterocycles. The van der Waals surface area contributed by atoms with Crippen LogP contribution in [0.2, 0.25) is 5.02 Å². The predicted molar refractivity (Wildman–Crippen MR) is 77.1 cm³/mol. The van der Waals surface area contributed by atoms with Gasteiger partial charge in [0.25, 0.3) is 0 Å². The molecule has 1 atom stereocenters. The Kier molecular flexibility index (Phi) is 6.28. The molecular formula is C14H21ClN2O2. The molecule has 0 spiro atoms. The molecule has 1 aromatic rings. The van der Waals surface area contributed by atoms with Crippen LogP contribution in [-0.4, -0.2) is 37.1 Å². The van der Waals surface area contributed by atoms with Gasteiger partial charge in [-0.05, 0) is 31.0 Å². The maximum absolute atomic E-state index is 11.3. The molecule has 1 unspecified atom stereocenters. The Hall–Kier alpha value is -1.10. The zero-order chi connectivity index (χ0) is 14.4. The van der Waals surface area contributed by atoms with E-state index in [1.807, 2.05) is 30.0 Å². The number of carbonyl (C=O) groups is 1. The van der Waals surface area contributed by atoms with Crippen LogP contribution < -0.4 is 5.73 Å². The summed E-state index contributed by atoms with van der Waals surface area (Å²) in [4.78, 5) is 13.3. The molecule has 1 rings (SSSR count). The van der Waals surface area contributed by atoms with Gasteiger partial charge in [0.05, 0.1) is 12.6 Å². The van der Waals surface area contributed by atoms with Crippen LogP contribution >= 0.6 is 11.6 Å². The lowest BCUT2D eigenvalue weighted by Crippen LogP contribution is -2.43. The van der Waals surface area contributed by atoms with Gasteiger partial charge in [0.1, 0.15) is 0 Å². The number of primary amides is 1. The summed E-state index contributed by atoms with van der Waals surface area (Å²) in [7, 11) is 1.63. The van der Waals surface area contributed by atoms with Crippen molar-refractivity contribution >= 4 is 17.5 Å². The van der Waals surface area contributed by atoms with E-state index in [-0.39, 0.29) is 11.9 Å². The number of nitrogens with two attached hydrogens (primary N) is 1. The molecule has 0 bridgehead atoms. The zero-order valence-corrected chi connectivity index (χ0v) is 12.4. The van der Waals surface area contributed by atoms with Crippen molar-refractivity contribution in [1.29, 1.82) is 0 Å². The van der Waals surface area contributed by atoms with Gasteiger partial charge in [0.15, 0.2) is 0 Å². The lowest BCUT2D eigenvalue weighted by molar-refractivity contribution is -0.123. The first kappa shape index (κ1) is 16.0. The third-order valence-electron chi connectivity index (χ3n) is 3.16. The highest BCUT2D eigenvalue weighted by Gasteiger charge is 2.18. The van der Waals surface area contributed by atoms with Crippen molar-refractivity contribution in [2.45, 2.75) is 26.4 Å². The van der Waals surface area contributed by atoms with Gasteiger partial charge < -0.3 is 10.5 Å². The molecule has 106 valence electrons. The second-order valence-electron chi connectivity index (χ2n) is 4.63. The van der Waals surface area contributed by atoms with E-state index >= 15 is 0 Å². The Labute approximate surface area is 119 Å². The minimum atomic E-state index is -0.339. The molecule has 2 N–H and O–H groups in total. The zero-order valence-electron chi connectivity index (χ0n) is 11.6. The standard InChI is InChI=1S/C14H21ClN2O2/c1-10-4-5-12(8-13(10)15)9-17(6-7-19-3)11(2)14(16)18/h4-5,8,11H,6-7,9H2,1-3H3,(H2,16,18). The molecule has 19 heavy (non-hydrogen) atoms. The maximum atomic E-state index is 11.3. The van der Waals surface area contributed by atoms with Gasteiger partial charge in [0.2, 0.25) is 5.91 Å². The van der Waals surface area contributed by atoms with Crippen LogP contribution in [0, 0.1) is 6.92 Å². The molecule has 5 heteroatoms. The molecule has 0 aromatic heterocycles. The van der Waals surface area contributed by atoms with E-state index in [4.69, 9.17) is 22.1 Å². The number of rotatable bonds is 7. The Morgan fingerprint density at radius 1 is 1.53 bits per heavy atom. The van der Waals surface area contributed by atoms with Crippen molar-refractivity contribution < 1.29 is 9.53 Å². The fourth-order valence-electron chi connectivity index (χ4n) is 1.77. The topological polar surface area (TPSA) is 55.6 Å². The lowest BCUT2D eigenvalue weighted by atomic mass is 10.1. The number of carbonyl (C=O) groups excluding carboxylic acids is 1. The molecule has 0 saturated heterocycles. The molecule has 4 nitrogen and oxygen atoms in total. The van der Waals surface area contributed by atoms with Crippen LogP contribution in [0.3, 0.4) is 0 Å². The summed E-state index contributed by atoms with van der Waals surface area (Å²) in [5.74, 6) is -0.339. The summed E-state index contributed by atoms with van der Waals surface area (Å²) < 4.78 is 5.06. The molecule has 0 saturated carbocycles. The largest absolute Gasteiger partial charge is 0.383 e. The fraction of sp³-hybridized carbons (Fsp3) is 0.500. The van der Waals surface area contributed by atoms with Crippen molar-refractivity contribution in [3.63, 3.8) is 0 Å². The van der Waals surface area contributed by atoms with E-state index in [0.717, 1.165) is 16.1 Å². The van der Waals surface area contributed by atoms with Gasteiger partial charge in [-0.2, -0.15) is 0 Å². The SMILES string of the molecule is COCCN(Cc1ccc(C)c(Cl)c1)C(C)C(N)=O. The van der Waals surface area contributed by atoms with E-state index < -0.39 is 0 Å². The number of amides is 1. The van der Waals surface area contributed by atoms with Crippen molar-refractivity contribution in [1.82, 2.24) is 4.90 Å². The number of benzene rings is 1. The number of hydrogen-bond donors (Lipinski definition) is 1. The number of ether oxygens (including phenoxy) is 1. The molecular weight excluding hydrogens is 264 g/mol. The van der Waals surface area contributed by atoms with Crippen LogP contribution in [0.4, 0.5) is 0 Å². The van der Waals surface area contributed by atoms with Crippen LogP contribution in [0.15, 0.2) is 18.2 Å². The van der Waals surface area contributed by atoms with Crippen LogP contribution in [0.5, 0.6) is 0 Å². The van der Waals surface area contributed by atoms with Gasteiger partial charge in [-0.3, -0.25) is 9.69 Å². The highest BCUT2D eigenvalue weighted by molar-refractivity contribution is 6.31. The number of hydrogen-bond acceptors (Lipinski definition) is 3. The Bertz CT molecular complexity index is 437. The van der Waals surface area contributed by atoms with Crippen LogP contribution in [0.25, 0.3) is 0 Å². The van der Waals surface area contributed by atoms with Gasteiger partial charge in [-0.15, -0.1) is 0 Å². The molecule has 0 aliphatic rings. The van der Waals surface area contributed by atoms with Gasteiger partial charge in [-0.1, -0.05) is 23.7 Å². The van der Waals surface area contributed by atoms with E-state index in [1.165, 1.54) is 0 Å². The average molecular weight is 285 g/mol. The Morgan fingerprint density at radius 2 is 2.21 bits per heavy atom. The predicted octanol–water partition coefficient (Wildman–Crippen LogP) is 1.97. The summed E-state index contributed by atoms with van der Waals surface area (Å²) in [6, 6.07) is 5.57. The van der Waals surface area contributed by atoms with Crippen molar-refractivity contribution in [3.05, 3.63) is 34.3 Å². The van der Waals surface area contributed by atoms with E-state index in [2.05, 4.69) is 0 Å². The van der Waals surface area contributed by atoms with E-state index in [9.17, 15) is 4.79 Å². The van der Waals surface area contributed by atoms with Gasteiger partial charge in [0, 0.05) is 25.2 Å². The van der Waals surface area contributed by atoms with Gasteiger partial charge in [-0.25, -0.2) is 0 Å². The molecule has 0 aliphatic carbocycles. The second kappa shape index (κ2) is 7.48. The average Bonchev–Trinajstić information content (AvgIpc) is 2.37. The first-order valence-corrected chi connectivity index (χ1v) is 6.60. The minimum absolute atomic E-state index is 0.338. The molecule has 1 aromatic carbocycles. The number of halogens is 1. The maximum Gasteiger partial charge on any atom is 0.234 e. The summed E-state index contributed by atoms with van der Waals surface area (Å²) >= 11 is 6.11. The highest BCUT2D eigenvalue weighted by atomic mass is 35.5. The summed E-state index contributed by atoms with van der Waals surface area (Å²) in [5, 5.41) is 0.732. The monoisotopic (exact) mass is 284 g/mol. The lowest BCUT2D eigenvalue weighted by Gasteiger charge is -2.26. The van der Waals surface area contributed by atoms with E-state index in [1.54, 1.807) is 14.0 Å². The third-order valence-corrected chi connectivity index (χ3v) is 3.57. The second-order valence-corrected chi connectivity index (χ2v) is 5.03. The highest BCUT2D eigenvalue weighted by Crippen LogP contribution is 2.18. The Balaban J connectivity index is 2.80. The van der Waals surface area contributed by atoms with Crippen LogP contribution in [-0.2, 0) is 16.1 Å². The minimum Gasteiger partial charge on any atom is -0.383 e. The number of methoxy groups -OCH3 is 1. The van der Waals surface area contributed by atoms with Crippen LogP contribution in [0.1, 0.15) is 18.1 Å². The smallest absolute Gasteiger partial charge is 0.234 e. The van der Waals surface area contributed by atoms with Crippen molar-refractivity contribution in [3.8, 4) is 0 Å². The fourth-order valence-corrected chi connectivity index (χ4v) is 1.97. The van der Waals surface area contributed by atoms with Crippen molar-refractivity contribution in [2.24, 2.45) is 5.73 Å². The van der Waals surface area contributed by atoms with Crippen molar-refractivity contribution in [2.75, 3.05) is 20.3 Å². The molecule has 0 radical (unpaired) electrons. The summed E-state index contributed by atoms with van der Waals surface area (Å²) in [5.41, 5.74) is 7.46. The summed E-state index contributed by atoms with van der Waals surface area (Å²) in [6.45, 7) is 5.57. The molecule has 0 aliphatic heterocycles. The molecule has 0 fully saturated rings. The number of aryl methyl sites for hydroxylation is 1. The quantitative estimate of drug-likeness (QED) is 0.833. The van der Waals surface area contributed by atoms with Gasteiger partial charge >= 0.3 is 0 Å². The first-order valence-electron chi connectivity index (χ1n) is 6.23. The summed E-state index contributed by atoms with van der Waals surface area (Å²) in [6.07, 6.45) is 0. The molecule has 1 amide bonds. The number of nitrogens with zero attached hydrogens (tertiary/aromatic N) is 1. The van der Waals surface area contributed by atoms with E-state index in [0.29, 0.717) is 19.7 Å². The first-order chi connectivity index (χ1) is 8.95.